The van der Waals surface area contributed by atoms with E-state index >= 15 is 0 Å². The number of hydrogen-bond donors (Lipinski definition) is 2. The van der Waals surface area contributed by atoms with Gasteiger partial charge < -0.3 is 15.0 Å². The number of amides is 1. The predicted octanol–water partition coefficient (Wildman–Crippen LogP) is 4.48. The Hall–Kier alpha value is -4.59. The van der Waals surface area contributed by atoms with E-state index in [2.05, 4.69) is 36.8 Å². The number of nitrogens with one attached hydrogen (secondary N) is 2. The van der Waals surface area contributed by atoms with Crippen molar-refractivity contribution in [2.75, 3.05) is 5.32 Å². The number of anilines is 1. The summed E-state index contributed by atoms with van der Waals surface area (Å²) in [6.07, 6.45) is 8.07. The maximum atomic E-state index is 11.5. The molecule has 1 aromatic carbocycles. The predicted molar refractivity (Wildman–Crippen MR) is 118 cm³/mol. The summed E-state index contributed by atoms with van der Waals surface area (Å²) in [7, 11) is 0. The van der Waals surface area contributed by atoms with Crippen LogP contribution in [-0.4, -0.2) is 30.8 Å². The first-order valence-corrected chi connectivity index (χ1v) is 9.46. The van der Waals surface area contributed by atoms with Crippen molar-refractivity contribution < 1.29 is 9.53 Å². The minimum absolute atomic E-state index is 0.297. The van der Waals surface area contributed by atoms with Gasteiger partial charge in [-0.2, -0.15) is 0 Å². The smallest absolute Gasteiger partial charge is 0.247 e. The maximum absolute atomic E-state index is 11.5. The molecular formula is C23H16N6O2. The van der Waals surface area contributed by atoms with Gasteiger partial charge in [-0.1, -0.05) is 12.6 Å². The second-order valence-electron chi connectivity index (χ2n) is 6.71. The van der Waals surface area contributed by atoms with Crippen molar-refractivity contribution in [3.63, 3.8) is 0 Å². The lowest BCUT2D eigenvalue weighted by Gasteiger charge is -2.07. The molecule has 0 spiro atoms. The minimum atomic E-state index is -0.297. The molecular weight excluding hydrogens is 392 g/mol. The number of ether oxygens (including phenoxy) is 1. The van der Waals surface area contributed by atoms with Gasteiger partial charge in [0.05, 0.1) is 6.20 Å². The van der Waals surface area contributed by atoms with Crippen LogP contribution in [0.1, 0.15) is 0 Å². The quantitative estimate of drug-likeness (QED) is 0.415. The van der Waals surface area contributed by atoms with Crippen LogP contribution >= 0.6 is 0 Å². The number of benzene rings is 1. The highest BCUT2D eigenvalue weighted by molar-refractivity contribution is 5.99. The van der Waals surface area contributed by atoms with Gasteiger partial charge in [-0.25, -0.2) is 19.9 Å². The molecule has 0 radical (unpaired) electrons. The van der Waals surface area contributed by atoms with Crippen molar-refractivity contribution in [3.05, 3.63) is 79.9 Å². The zero-order chi connectivity index (χ0) is 21.2. The average Bonchev–Trinajstić information content (AvgIpc) is 3.22. The Morgan fingerprint density at radius 3 is 2.94 bits per heavy atom. The van der Waals surface area contributed by atoms with E-state index in [0.29, 0.717) is 34.1 Å². The lowest BCUT2D eigenvalue weighted by atomic mass is 10.1. The van der Waals surface area contributed by atoms with Crippen LogP contribution < -0.4 is 10.1 Å². The number of aromatic amines is 1. The summed E-state index contributed by atoms with van der Waals surface area (Å²) in [5.41, 5.74) is 4.34. The summed E-state index contributed by atoms with van der Waals surface area (Å²) in [5.74, 6) is 0.552. The van der Waals surface area contributed by atoms with E-state index in [9.17, 15) is 4.79 Å². The van der Waals surface area contributed by atoms with Crippen LogP contribution in [0.4, 0.5) is 5.69 Å². The molecule has 0 aliphatic rings. The highest BCUT2D eigenvalue weighted by atomic mass is 16.5. The molecule has 8 nitrogen and oxygen atoms in total. The van der Waals surface area contributed by atoms with Gasteiger partial charge in [0.15, 0.2) is 11.3 Å². The van der Waals surface area contributed by atoms with Gasteiger partial charge in [-0.15, -0.1) is 0 Å². The molecule has 2 N–H and O–H groups in total. The van der Waals surface area contributed by atoms with Crippen molar-refractivity contribution in [3.8, 4) is 22.8 Å². The second kappa shape index (κ2) is 7.68. The molecule has 150 valence electrons. The van der Waals surface area contributed by atoms with Gasteiger partial charge in [-0.05, 0) is 36.4 Å². The number of carbonyl (C=O) groups excluding carboxylic acids is 1. The Morgan fingerprint density at radius 2 is 2.03 bits per heavy atom. The molecule has 0 unspecified atom stereocenters. The Morgan fingerprint density at radius 1 is 1.10 bits per heavy atom. The molecule has 1 amide bonds. The molecule has 0 aliphatic carbocycles. The van der Waals surface area contributed by atoms with Crippen LogP contribution in [0, 0.1) is 0 Å². The van der Waals surface area contributed by atoms with Gasteiger partial charge in [0.25, 0.3) is 0 Å². The highest BCUT2D eigenvalue weighted by Gasteiger charge is 2.12. The molecule has 0 fully saturated rings. The van der Waals surface area contributed by atoms with E-state index in [1.54, 1.807) is 42.9 Å². The number of hydrogen-bond acceptors (Lipinski definition) is 6. The molecule has 5 rings (SSSR count). The fourth-order valence-corrected chi connectivity index (χ4v) is 3.21. The second-order valence-corrected chi connectivity index (χ2v) is 6.71. The summed E-state index contributed by atoms with van der Waals surface area (Å²) in [4.78, 5) is 32.4. The van der Waals surface area contributed by atoms with Gasteiger partial charge >= 0.3 is 0 Å². The van der Waals surface area contributed by atoms with E-state index in [4.69, 9.17) is 4.74 Å². The first-order valence-electron chi connectivity index (χ1n) is 9.46. The first-order chi connectivity index (χ1) is 15.2. The maximum Gasteiger partial charge on any atom is 0.247 e. The third-order valence-corrected chi connectivity index (χ3v) is 4.63. The minimum Gasteiger partial charge on any atom is -0.437 e. The SMILES string of the molecule is C=CC(=O)Nc1cccc(Oc2cnc3[nH]cc(-c4cnc5ncccc5c4)c3n2)c1. The third kappa shape index (κ3) is 3.69. The standard InChI is InChI=1S/C23H16N6O2/c1-2-19(30)28-16-6-3-7-17(10-16)31-20-13-27-23-21(29-20)18(12-26-23)15-9-14-5-4-8-24-22(14)25-11-15/h2-13H,1H2,(H,26,27)(H,28,30). The average molecular weight is 408 g/mol. The molecule has 0 saturated heterocycles. The zero-order valence-corrected chi connectivity index (χ0v) is 16.2. The number of carbonyl (C=O) groups is 1. The molecule has 5 aromatic rings. The third-order valence-electron chi connectivity index (χ3n) is 4.63. The van der Waals surface area contributed by atoms with E-state index in [-0.39, 0.29) is 5.91 Å². The van der Waals surface area contributed by atoms with Crippen LogP contribution in [-0.2, 0) is 4.79 Å². The fraction of sp³-hybridized carbons (Fsp3) is 0. The summed E-state index contributed by atoms with van der Waals surface area (Å²) in [6, 6.07) is 12.9. The van der Waals surface area contributed by atoms with Gasteiger partial charge in [0.1, 0.15) is 11.3 Å². The van der Waals surface area contributed by atoms with E-state index in [1.807, 2.05) is 24.4 Å². The largest absolute Gasteiger partial charge is 0.437 e. The Balaban J connectivity index is 1.48. The number of nitrogens with zero attached hydrogens (tertiary/aromatic N) is 4. The topological polar surface area (TPSA) is 106 Å². The molecule has 0 aliphatic heterocycles. The molecule has 4 heterocycles. The lowest BCUT2D eigenvalue weighted by molar-refractivity contribution is -0.111. The van der Waals surface area contributed by atoms with E-state index < -0.39 is 0 Å². The summed E-state index contributed by atoms with van der Waals surface area (Å²) in [5, 5.41) is 3.64. The lowest BCUT2D eigenvalue weighted by Crippen LogP contribution is -2.07. The molecule has 31 heavy (non-hydrogen) atoms. The van der Waals surface area contributed by atoms with Crippen molar-refractivity contribution >= 4 is 33.8 Å². The van der Waals surface area contributed by atoms with Gasteiger partial charge in [0.2, 0.25) is 11.8 Å². The number of pyridine rings is 2. The van der Waals surface area contributed by atoms with Gasteiger partial charge in [0, 0.05) is 46.9 Å². The Bertz CT molecular complexity index is 1440. The Labute approximate surface area is 176 Å². The number of aromatic nitrogens is 5. The van der Waals surface area contributed by atoms with Crippen molar-refractivity contribution in [1.82, 2.24) is 24.9 Å². The number of fused-ring (bicyclic) bond motifs is 2. The first kappa shape index (κ1) is 18.4. The molecule has 8 heteroatoms. The van der Waals surface area contributed by atoms with E-state index in [1.165, 1.54) is 6.08 Å². The van der Waals surface area contributed by atoms with Crippen molar-refractivity contribution in [1.29, 1.82) is 0 Å². The molecule has 0 bridgehead atoms. The normalized spacial score (nSPS) is 10.8. The summed E-state index contributed by atoms with van der Waals surface area (Å²) < 4.78 is 5.88. The monoisotopic (exact) mass is 408 g/mol. The Kier molecular flexibility index (Phi) is 4.57. The van der Waals surface area contributed by atoms with Crippen LogP contribution in [0.2, 0.25) is 0 Å². The molecule has 4 aromatic heterocycles. The summed E-state index contributed by atoms with van der Waals surface area (Å²) in [6.45, 7) is 3.45. The van der Waals surface area contributed by atoms with Crippen LogP contribution in [0.25, 0.3) is 33.3 Å². The van der Waals surface area contributed by atoms with Crippen molar-refractivity contribution in [2.24, 2.45) is 0 Å². The van der Waals surface area contributed by atoms with E-state index in [0.717, 1.165) is 16.5 Å². The van der Waals surface area contributed by atoms with Crippen molar-refractivity contribution in [2.45, 2.75) is 0 Å². The van der Waals surface area contributed by atoms with Crippen LogP contribution in [0.3, 0.4) is 0 Å². The fourth-order valence-electron chi connectivity index (χ4n) is 3.21. The van der Waals surface area contributed by atoms with Crippen LogP contribution in [0.15, 0.2) is 79.9 Å². The molecule has 0 saturated carbocycles. The summed E-state index contributed by atoms with van der Waals surface area (Å²) >= 11 is 0. The molecule has 0 atom stereocenters. The van der Waals surface area contributed by atoms with Gasteiger partial charge in [-0.3, -0.25) is 4.79 Å². The van der Waals surface area contributed by atoms with Crippen LogP contribution in [0.5, 0.6) is 11.6 Å². The zero-order valence-electron chi connectivity index (χ0n) is 16.2. The number of rotatable bonds is 5. The number of H-pyrrole nitrogens is 1. The highest BCUT2D eigenvalue weighted by Crippen LogP contribution is 2.30.